The van der Waals surface area contributed by atoms with E-state index in [2.05, 4.69) is 4.74 Å². The summed E-state index contributed by atoms with van der Waals surface area (Å²) in [5.41, 5.74) is 5.34. The standard InChI is InChI=1S/C6H12ClNO2/c1-3-6(7,8)5(9)10-4-2/h3-4,8H2,1-2H3. The van der Waals surface area contributed by atoms with Gasteiger partial charge in [-0.25, -0.2) is 4.79 Å². The van der Waals surface area contributed by atoms with Gasteiger partial charge >= 0.3 is 5.97 Å². The zero-order valence-corrected chi connectivity index (χ0v) is 6.94. The van der Waals surface area contributed by atoms with Gasteiger partial charge in [-0.2, -0.15) is 0 Å². The molecule has 0 aliphatic carbocycles. The first-order valence-electron chi connectivity index (χ1n) is 3.19. The highest BCUT2D eigenvalue weighted by molar-refractivity contribution is 6.33. The molecular formula is C6H12ClNO2. The van der Waals surface area contributed by atoms with Gasteiger partial charge in [-0.3, -0.25) is 0 Å². The Balaban J connectivity index is 3.91. The maximum absolute atomic E-state index is 10.8. The monoisotopic (exact) mass is 165 g/mol. The Morgan fingerprint density at radius 3 is 2.50 bits per heavy atom. The molecule has 0 spiro atoms. The Bertz CT molecular complexity index is 125. The number of halogens is 1. The van der Waals surface area contributed by atoms with Gasteiger partial charge in [0.15, 0.2) is 5.00 Å². The van der Waals surface area contributed by atoms with Crippen LogP contribution in [0.4, 0.5) is 0 Å². The van der Waals surface area contributed by atoms with Crippen LogP contribution in [0.3, 0.4) is 0 Å². The van der Waals surface area contributed by atoms with Gasteiger partial charge in [-0.15, -0.1) is 0 Å². The van der Waals surface area contributed by atoms with Crippen LogP contribution in [0.2, 0.25) is 0 Å². The lowest BCUT2D eigenvalue weighted by Gasteiger charge is -2.16. The Hall–Kier alpha value is -0.280. The van der Waals surface area contributed by atoms with Crippen molar-refractivity contribution < 1.29 is 9.53 Å². The highest BCUT2D eigenvalue weighted by Crippen LogP contribution is 2.13. The summed E-state index contributed by atoms with van der Waals surface area (Å²) in [4.78, 5) is 9.48. The maximum atomic E-state index is 10.8. The Morgan fingerprint density at radius 1 is 1.70 bits per heavy atom. The normalized spacial score (nSPS) is 16.0. The molecule has 2 N–H and O–H groups in total. The van der Waals surface area contributed by atoms with Crippen LogP contribution in [0.15, 0.2) is 0 Å². The van der Waals surface area contributed by atoms with Crippen molar-refractivity contribution in [3.63, 3.8) is 0 Å². The van der Waals surface area contributed by atoms with Gasteiger partial charge in [0.05, 0.1) is 6.61 Å². The van der Waals surface area contributed by atoms with E-state index in [1.165, 1.54) is 0 Å². The zero-order valence-electron chi connectivity index (χ0n) is 6.19. The molecule has 1 unspecified atom stereocenters. The van der Waals surface area contributed by atoms with Crippen LogP contribution in [0.25, 0.3) is 0 Å². The molecule has 0 amide bonds. The molecule has 0 aliphatic heterocycles. The second kappa shape index (κ2) is 3.78. The molecule has 0 aromatic carbocycles. The minimum atomic E-state index is -1.34. The lowest BCUT2D eigenvalue weighted by molar-refractivity contribution is -0.146. The first-order valence-corrected chi connectivity index (χ1v) is 3.57. The van der Waals surface area contributed by atoms with Crippen molar-refractivity contribution in [2.24, 2.45) is 5.73 Å². The average molecular weight is 166 g/mol. The summed E-state index contributed by atoms with van der Waals surface area (Å²) in [6, 6.07) is 0. The minimum absolute atomic E-state index is 0.310. The molecule has 4 heteroatoms. The fourth-order valence-corrected chi connectivity index (χ4v) is 0.450. The van der Waals surface area contributed by atoms with E-state index in [0.29, 0.717) is 13.0 Å². The van der Waals surface area contributed by atoms with Crippen molar-refractivity contribution in [3.05, 3.63) is 0 Å². The van der Waals surface area contributed by atoms with Gasteiger partial charge in [0, 0.05) is 0 Å². The molecule has 0 bridgehead atoms. The molecule has 0 fully saturated rings. The van der Waals surface area contributed by atoms with Crippen molar-refractivity contribution in [2.75, 3.05) is 6.61 Å². The van der Waals surface area contributed by atoms with Gasteiger partial charge in [-0.05, 0) is 13.3 Å². The second-order valence-electron chi connectivity index (χ2n) is 1.94. The first-order chi connectivity index (χ1) is 4.54. The number of rotatable bonds is 3. The van der Waals surface area contributed by atoms with Gasteiger partial charge in [0.1, 0.15) is 0 Å². The number of carbonyl (C=O) groups is 1. The maximum Gasteiger partial charge on any atom is 0.341 e. The van der Waals surface area contributed by atoms with Crippen molar-refractivity contribution in [1.29, 1.82) is 0 Å². The molecule has 0 aliphatic rings. The smallest absolute Gasteiger partial charge is 0.341 e. The van der Waals surface area contributed by atoms with E-state index in [-0.39, 0.29) is 0 Å². The van der Waals surface area contributed by atoms with Crippen LogP contribution in [0.1, 0.15) is 20.3 Å². The van der Waals surface area contributed by atoms with E-state index >= 15 is 0 Å². The molecule has 0 aromatic rings. The summed E-state index contributed by atoms with van der Waals surface area (Å²) in [6.07, 6.45) is 0.368. The Kier molecular flexibility index (Phi) is 3.68. The van der Waals surface area contributed by atoms with Crippen LogP contribution in [0, 0.1) is 0 Å². The predicted octanol–water partition coefficient (Wildman–Crippen LogP) is 0.853. The summed E-state index contributed by atoms with van der Waals surface area (Å²) in [5, 5.41) is 0. The quantitative estimate of drug-likeness (QED) is 0.383. The van der Waals surface area contributed by atoms with E-state index < -0.39 is 11.0 Å². The average Bonchev–Trinajstić information content (AvgIpc) is 1.89. The number of esters is 1. The molecular weight excluding hydrogens is 154 g/mol. The van der Waals surface area contributed by atoms with Gasteiger partial charge in [0.25, 0.3) is 0 Å². The lowest BCUT2D eigenvalue weighted by atomic mass is 10.2. The topological polar surface area (TPSA) is 52.3 Å². The van der Waals surface area contributed by atoms with E-state index in [0.717, 1.165) is 0 Å². The molecule has 0 rings (SSSR count). The largest absolute Gasteiger partial charge is 0.464 e. The van der Waals surface area contributed by atoms with Crippen molar-refractivity contribution in [3.8, 4) is 0 Å². The fraction of sp³-hybridized carbons (Fsp3) is 0.833. The molecule has 0 saturated carbocycles. The van der Waals surface area contributed by atoms with Crippen LogP contribution in [0.5, 0.6) is 0 Å². The van der Waals surface area contributed by atoms with E-state index in [1.807, 2.05) is 0 Å². The highest BCUT2D eigenvalue weighted by atomic mass is 35.5. The molecule has 3 nitrogen and oxygen atoms in total. The third-order valence-electron chi connectivity index (χ3n) is 1.13. The third-order valence-corrected chi connectivity index (χ3v) is 1.55. The van der Waals surface area contributed by atoms with E-state index in [1.54, 1.807) is 13.8 Å². The number of ether oxygens (including phenoxy) is 1. The Morgan fingerprint density at radius 2 is 2.20 bits per heavy atom. The summed E-state index contributed by atoms with van der Waals surface area (Å²) >= 11 is 5.55. The molecule has 0 saturated heterocycles. The molecule has 60 valence electrons. The van der Waals surface area contributed by atoms with E-state index in [4.69, 9.17) is 17.3 Å². The van der Waals surface area contributed by atoms with Crippen LogP contribution in [-0.4, -0.2) is 17.6 Å². The summed E-state index contributed by atoms with van der Waals surface area (Å²) in [5.74, 6) is -0.556. The van der Waals surface area contributed by atoms with Gasteiger partial charge in [-0.1, -0.05) is 18.5 Å². The third kappa shape index (κ3) is 2.54. The predicted molar refractivity (Wildman–Crippen MR) is 39.7 cm³/mol. The molecule has 0 radical (unpaired) electrons. The minimum Gasteiger partial charge on any atom is -0.464 e. The number of hydrogen-bond donors (Lipinski definition) is 1. The van der Waals surface area contributed by atoms with Crippen molar-refractivity contribution >= 4 is 17.6 Å². The Labute approximate surface area is 65.5 Å². The van der Waals surface area contributed by atoms with Crippen molar-refractivity contribution in [2.45, 2.75) is 25.3 Å². The van der Waals surface area contributed by atoms with E-state index in [9.17, 15) is 4.79 Å². The molecule has 0 heterocycles. The van der Waals surface area contributed by atoms with Crippen molar-refractivity contribution in [1.82, 2.24) is 0 Å². The second-order valence-corrected chi connectivity index (χ2v) is 2.61. The zero-order chi connectivity index (χ0) is 8.20. The van der Waals surface area contributed by atoms with Gasteiger partial charge in [0.2, 0.25) is 0 Å². The highest BCUT2D eigenvalue weighted by Gasteiger charge is 2.30. The van der Waals surface area contributed by atoms with Crippen LogP contribution in [-0.2, 0) is 9.53 Å². The number of hydrogen-bond acceptors (Lipinski definition) is 3. The summed E-state index contributed by atoms with van der Waals surface area (Å²) in [6.45, 7) is 3.74. The molecule has 10 heavy (non-hydrogen) atoms. The number of nitrogens with two attached hydrogens (primary N) is 1. The number of carbonyl (C=O) groups excluding carboxylic acids is 1. The first kappa shape index (κ1) is 9.72. The summed E-state index contributed by atoms with van der Waals surface area (Å²) < 4.78 is 4.60. The number of alkyl halides is 1. The van der Waals surface area contributed by atoms with Gasteiger partial charge < -0.3 is 10.5 Å². The molecule has 1 atom stereocenters. The molecule has 0 aromatic heterocycles. The lowest BCUT2D eigenvalue weighted by Crippen LogP contribution is -2.42. The van der Waals surface area contributed by atoms with Crippen LogP contribution < -0.4 is 5.73 Å². The van der Waals surface area contributed by atoms with Crippen LogP contribution >= 0.6 is 11.6 Å². The SMILES string of the molecule is CCOC(=O)C(N)(Cl)CC. The fourth-order valence-electron chi connectivity index (χ4n) is 0.395. The summed E-state index contributed by atoms with van der Waals surface area (Å²) in [7, 11) is 0.